The first-order chi connectivity index (χ1) is 8.86. The third-order valence-corrected chi connectivity index (χ3v) is 3.92. The molecule has 1 aromatic rings. The molecule has 0 aliphatic carbocycles. The number of para-hydroxylation sites is 1. The van der Waals surface area contributed by atoms with Crippen molar-refractivity contribution in [3.63, 3.8) is 0 Å². The van der Waals surface area contributed by atoms with Gasteiger partial charge < -0.3 is 9.64 Å². The quantitative estimate of drug-likeness (QED) is 0.761. The van der Waals surface area contributed by atoms with Crippen molar-refractivity contribution in [3.8, 4) is 5.75 Å². The molecule has 1 atom stereocenters. The summed E-state index contributed by atoms with van der Waals surface area (Å²) in [5, 5.41) is 0. The van der Waals surface area contributed by atoms with Gasteiger partial charge in [-0.2, -0.15) is 0 Å². The Kier molecular flexibility index (Phi) is 3.22. The first-order valence-corrected chi connectivity index (χ1v) is 6.87. The third kappa shape index (κ3) is 2.09. The lowest BCUT2D eigenvalue weighted by Gasteiger charge is -2.23. The summed E-state index contributed by atoms with van der Waals surface area (Å²) in [4.78, 5) is 14.6. The number of likely N-dealkylation sites (tertiary alicyclic amines) is 1. The van der Waals surface area contributed by atoms with Crippen LogP contribution >= 0.6 is 0 Å². The van der Waals surface area contributed by atoms with E-state index in [0.717, 1.165) is 37.2 Å². The SMILES string of the molecule is O=C(C1COc2ccccc21)N1CCCCCC1. The monoisotopic (exact) mass is 245 g/mol. The summed E-state index contributed by atoms with van der Waals surface area (Å²) < 4.78 is 5.61. The van der Waals surface area contributed by atoms with Gasteiger partial charge in [-0.15, -0.1) is 0 Å². The van der Waals surface area contributed by atoms with Crippen LogP contribution in [-0.2, 0) is 4.79 Å². The van der Waals surface area contributed by atoms with Gasteiger partial charge in [0.15, 0.2) is 0 Å². The summed E-state index contributed by atoms with van der Waals surface area (Å²) in [6.07, 6.45) is 4.78. The Morgan fingerprint density at radius 1 is 1.11 bits per heavy atom. The molecular weight excluding hydrogens is 226 g/mol. The summed E-state index contributed by atoms with van der Waals surface area (Å²) >= 11 is 0. The van der Waals surface area contributed by atoms with E-state index in [1.54, 1.807) is 0 Å². The molecule has 0 radical (unpaired) electrons. The van der Waals surface area contributed by atoms with Gasteiger partial charge in [-0.05, 0) is 18.9 Å². The van der Waals surface area contributed by atoms with Crippen LogP contribution in [0, 0.1) is 0 Å². The van der Waals surface area contributed by atoms with Crippen LogP contribution in [0.2, 0.25) is 0 Å². The van der Waals surface area contributed by atoms with E-state index in [-0.39, 0.29) is 11.8 Å². The zero-order chi connectivity index (χ0) is 12.4. The van der Waals surface area contributed by atoms with Crippen LogP contribution in [0.5, 0.6) is 5.75 Å². The van der Waals surface area contributed by atoms with Crippen LogP contribution in [0.15, 0.2) is 24.3 Å². The normalized spacial score (nSPS) is 23.1. The second-order valence-corrected chi connectivity index (χ2v) is 5.14. The van der Waals surface area contributed by atoms with Gasteiger partial charge in [-0.3, -0.25) is 4.79 Å². The van der Waals surface area contributed by atoms with Crippen molar-refractivity contribution < 1.29 is 9.53 Å². The fourth-order valence-corrected chi connectivity index (χ4v) is 2.88. The zero-order valence-electron chi connectivity index (χ0n) is 10.6. The number of ether oxygens (including phenoxy) is 1. The predicted octanol–water partition coefficient (Wildman–Crippen LogP) is 2.57. The Hall–Kier alpha value is -1.51. The summed E-state index contributed by atoms with van der Waals surface area (Å²) in [7, 11) is 0. The molecule has 0 bridgehead atoms. The lowest BCUT2D eigenvalue weighted by Crippen LogP contribution is -2.36. The topological polar surface area (TPSA) is 29.5 Å². The lowest BCUT2D eigenvalue weighted by atomic mass is 10.00. The molecule has 0 aromatic heterocycles. The van der Waals surface area contributed by atoms with E-state index < -0.39 is 0 Å². The third-order valence-electron chi connectivity index (χ3n) is 3.92. The molecule has 0 saturated carbocycles. The fourth-order valence-electron chi connectivity index (χ4n) is 2.88. The Bertz CT molecular complexity index is 436. The number of hydrogen-bond donors (Lipinski definition) is 0. The smallest absolute Gasteiger partial charge is 0.233 e. The number of carbonyl (C=O) groups excluding carboxylic acids is 1. The number of hydrogen-bond acceptors (Lipinski definition) is 2. The highest BCUT2D eigenvalue weighted by Gasteiger charge is 2.33. The van der Waals surface area contributed by atoms with Gasteiger partial charge in [0, 0.05) is 18.7 Å². The van der Waals surface area contributed by atoms with Crippen LogP contribution in [-0.4, -0.2) is 30.5 Å². The van der Waals surface area contributed by atoms with Crippen LogP contribution in [0.4, 0.5) is 0 Å². The van der Waals surface area contributed by atoms with E-state index in [2.05, 4.69) is 0 Å². The molecule has 1 aromatic carbocycles. The van der Waals surface area contributed by atoms with Crippen LogP contribution in [0.1, 0.15) is 37.2 Å². The number of carbonyl (C=O) groups is 1. The molecule has 2 aliphatic heterocycles. The van der Waals surface area contributed by atoms with Crippen LogP contribution in [0.25, 0.3) is 0 Å². The zero-order valence-corrected chi connectivity index (χ0v) is 10.6. The van der Waals surface area contributed by atoms with Gasteiger partial charge >= 0.3 is 0 Å². The van der Waals surface area contributed by atoms with E-state index in [9.17, 15) is 4.79 Å². The largest absolute Gasteiger partial charge is 0.492 e. The standard InChI is InChI=1S/C15H19NO2/c17-15(16-9-5-1-2-6-10-16)13-11-18-14-8-4-3-7-12(13)14/h3-4,7-8,13H,1-2,5-6,9-11H2. The molecule has 18 heavy (non-hydrogen) atoms. The van der Waals surface area contributed by atoms with Crippen molar-refractivity contribution in [1.29, 1.82) is 0 Å². The van der Waals surface area contributed by atoms with Crippen molar-refractivity contribution in [2.75, 3.05) is 19.7 Å². The Morgan fingerprint density at radius 2 is 1.83 bits per heavy atom. The summed E-state index contributed by atoms with van der Waals surface area (Å²) in [6.45, 7) is 2.34. The van der Waals surface area contributed by atoms with E-state index in [1.165, 1.54) is 12.8 Å². The van der Waals surface area contributed by atoms with Gasteiger partial charge in [0.2, 0.25) is 5.91 Å². The minimum absolute atomic E-state index is 0.0840. The van der Waals surface area contributed by atoms with Crippen molar-refractivity contribution >= 4 is 5.91 Å². The number of rotatable bonds is 1. The summed E-state index contributed by atoms with van der Waals surface area (Å²) in [5.74, 6) is 1.05. The van der Waals surface area contributed by atoms with Crippen molar-refractivity contribution in [3.05, 3.63) is 29.8 Å². The predicted molar refractivity (Wildman–Crippen MR) is 69.7 cm³/mol. The van der Waals surface area contributed by atoms with Gasteiger partial charge in [-0.25, -0.2) is 0 Å². The molecule has 1 fully saturated rings. The number of fused-ring (bicyclic) bond motifs is 1. The first-order valence-electron chi connectivity index (χ1n) is 6.87. The van der Waals surface area contributed by atoms with Crippen molar-refractivity contribution in [2.45, 2.75) is 31.6 Å². The highest BCUT2D eigenvalue weighted by Crippen LogP contribution is 2.34. The highest BCUT2D eigenvalue weighted by atomic mass is 16.5. The van der Waals surface area contributed by atoms with E-state index in [0.29, 0.717) is 6.61 Å². The van der Waals surface area contributed by atoms with Gasteiger partial charge in [0.1, 0.15) is 18.3 Å². The molecule has 2 aliphatic rings. The first kappa shape index (κ1) is 11.6. The summed E-state index contributed by atoms with van der Waals surface area (Å²) in [5.41, 5.74) is 1.06. The molecule has 3 rings (SSSR count). The van der Waals surface area contributed by atoms with E-state index in [4.69, 9.17) is 4.74 Å². The van der Waals surface area contributed by atoms with Crippen LogP contribution < -0.4 is 4.74 Å². The maximum Gasteiger partial charge on any atom is 0.233 e. The molecule has 0 N–H and O–H groups in total. The second-order valence-electron chi connectivity index (χ2n) is 5.14. The van der Waals surface area contributed by atoms with Gasteiger partial charge in [0.25, 0.3) is 0 Å². The van der Waals surface area contributed by atoms with E-state index in [1.807, 2.05) is 29.2 Å². The molecule has 3 heteroatoms. The van der Waals surface area contributed by atoms with E-state index >= 15 is 0 Å². The number of amides is 1. The minimum atomic E-state index is -0.0840. The molecule has 2 heterocycles. The number of nitrogens with zero attached hydrogens (tertiary/aromatic N) is 1. The molecule has 1 amide bonds. The average molecular weight is 245 g/mol. The van der Waals surface area contributed by atoms with Crippen LogP contribution in [0.3, 0.4) is 0 Å². The van der Waals surface area contributed by atoms with Crippen molar-refractivity contribution in [1.82, 2.24) is 4.90 Å². The summed E-state index contributed by atoms with van der Waals surface area (Å²) in [6, 6.07) is 7.90. The molecule has 3 nitrogen and oxygen atoms in total. The average Bonchev–Trinajstić information content (AvgIpc) is 2.65. The lowest BCUT2D eigenvalue weighted by molar-refractivity contribution is -0.133. The molecule has 0 spiro atoms. The molecule has 1 saturated heterocycles. The molecule has 96 valence electrons. The molecule has 1 unspecified atom stereocenters. The number of benzene rings is 1. The van der Waals surface area contributed by atoms with Gasteiger partial charge in [0.05, 0.1) is 0 Å². The Balaban J connectivity index is 1.77. The fraction of sp³-hybridized carbons (Fsp3) is 0.533. The second kappa shape index (κ2) is 5.01. The Morgan fingerprint density at radius 3 is 2.61 bits per heavy atom. The minimum Gasteiger partial charge on any atom is -0.492 e. The molecular formula is C15H19NO2. The van der Waals surface area contributed by atoms with Gasteiger partial charge in [-0.1, -0.05) is 31.0 Å². The van der Waals surface area contributed by atoms with Crippen molar-refractivity contribution in [2.24, 2.45) is 0 Å². The maximum atomic E-state index is 12.6. The highest BCUT2D eigenvalue weighted by molar-refractivity contribution is 5.85. The Labute approximate surface area is 108 Å². The maximum absolute atomic E-state index is 12.6.